The molecule has 0 spiro atoms. The van der Waals surface area contributed by atoms with Gasteiger partial charge in [0.15, 0.2) is 0 Å². The zero-order valence-corrected chi connectivity index (χ0v) is 53.5. The quantitative estimate of drug-likeness (QED) is 0.0394. The van der Waals surface area contributed by atoms with Crippen LogP contribution in [0.5, 0.6) is 5.75 Å². The number of unbranched alkanes of at least 4 members (excludes halogenated alkanes) is 1. The van der Waals surface area contributed by atoms with Gasteiger partial charge in [-0.05, 0) is 158 Å². The van der Waals surface area contributed by atoms with Crippen molar-refractivity contribution in [1.29, 1.82) is 0 Å². The second kappa shape index (κ2) is 36.8. The SMILES string of the molecule is C=C/C=C(/c1cc(F)cc(CCCC)c1)c1cc(C(=C)C(=C)\C(=C/C=C(C)/C(/C=C(/C)C=C)=C/C)NN(C)CCOc2cc(F)cc(-c3ccnc4[nH]c(-c5n[nH]c6ccc(-c7ccncc7)nc56)cc34)c2)[nH]c1C.CC.CC.CC.CC.CC. The number of nitrogens with zero attached hydrogens (tertiary/aromatic N) is 5. The number of allylic oxidation sites excluding steroid dienone is 11. The Balaban J connectivity index is 0.00000180. The van der Waals surface area contributed by atoms with E-state index in [1.54, 1.807) is 36.8 Å². The van der Waals surface area contributed by atoms with Crippen LogP contribution < -0.4 is 10.2 Å². The molecule has 0 amide bonds. The molecule has 4 N–H and O–H groups in total. The lowest BCUT2D eigenvalue weighted by Crippen LogP contribution is -2.37. The van der Waals surface area contributed by atoms with Crippen LogP contribution >= 0.6 is 0 Å². The predicted octanol–water partition coefficient (Wildman–Crippen LogP) is 20.2. The molecule has 12 heteroatoms. The van der Waals surface area contributed by atoms with Gasteiger partial charge in [0.05, 0.1) is 29.1 Å². The number of benzene rings is 2. The van der Waals surface area contributed by atoms with E-state index in [2.05, 4.69) is 93.9 Å². The van der Waals surface area contributed by atoms with Crippen LogP contribution in [0.3, 0.4) is 0 Å². The Morgan fingerprint density at radius 3 is 2.16 bits per heavy atom. The molecule has 0 aliphatic rings. The number of ether oxygens (including phenoxy) is 1. The number of aromatic nitrogens is 7. The highest BCUT2D eigenvalue weighted by molar-refractivity contribution is 5.99. The normalized spacial score (nSPS) is 11.6. The molecular formula is C73H93F2N9O. The number of hydrazine groups is 1. The van der Waals surface area contributed by atoms with Gasteiger partial charge in [-0.15, -0.1) is 0 Å². The number of pyridine rings is 3. The summed E-state index contributed by atoms with van der Waals surface area (Å²) in [5.41, 5.74) is 20.3. The fourth-order valence-electron chi connectivity index (χ4n) is 8.89. The highest BCUT2D eigenvalue weighted by Crippen LogP contribution is 2.36. The second-order valence-electron chi connectivity index (χ2n) is 18.5. The van der Waals surface area contributed by atoms with Gasteiger partial charge in [-0.2, -0.15) is 5.10 Å². The Morgan fingerprint density at radius 2 is 1.49 bits per heavy atom. The number of hydrogen-bond donors (Lipinski definition) is 4. The molecule has 2 aromatic carbocycles. The fraction of sp³-hybridized carbons (Fsp3) is 0.288. The number of aryl methyl sites for hydroxylation is 2. The lowest BCUT2D eigenvalue weighted by molar-refractivity contribution is 0.203. The molecule has 0 fully saturated rings. The van der Waals surface area contributed by atoms with Gasteiger partial charge in [-0.1, -0.05) is 157 Å². The molecule has 0 radical (unpaired) electrons. The van der Waals surface area contributed by atoms with Gasteiger partial charge in [0.25, 0.3) is 0 Å². The summed E-state index contributed by atoms with van der Waals surface area (Å²) in [6.07, 6.45) is 21.6. The summed E-state index contributed by atoms with van der Waals surface area (Å²) in [4.78, 5) is 20.6. The monoisotopic (exact) mass is 1150 g/mol. The van der Waals surface area contributed by atoms with E-state index in [1.807, 2.05) is 175 Å². The number of nitrogens with one attached hydrogen (secondary N) is 4. The first-order valence-corrected chi connectivity index (χ1v) is 30.0. The second-order valence-corrected chi connectivity index (χ2v) is 18.5. The molecule has 8 aromatic rings. The Morgan fingerprint density at radius 1 is 0.788 bits per heavy atom. The maximum absolute atomic E-state index is 15.5. The third kappa shape index (κ3) is 19.1. The Hall–Kier alpha value is -8.74. The van der Waals surface area contributed by atoms with Gasteiger partial charge in [0, 0.05) is 65.2 Å². The summed E-state index contributed by atoms with van der Waals surface area (Å²) in [6, 6.07) is 23.5. The summed E-state index contributed by atoms with van der Waals surface area (Å²) in [7, 11) is 1.90. The van der Waals surface area contributed by atoms with Gasteiger partial charge in [-0.3, -0.25) is 10.1 Å². The summed E-state index contributed by atoms with van der Waals surface area (Å²) in [5.74, 6) is -0.342. The molecular weight excluding hydrogens is 1060 g/mol. The van der Waals surface area contributed by atoms with Crippen molar-refractivity contribution in [2.24, 2.45) is 0 Å². The molecule has 85 heavy (non-hydrogen) atoms. The zero-order valence-electron chi connectivity index (χ0n) is 53.5. The van der Waals surface area contributed by atoms with E-state index in [-0.39, 0.29) is 12.4 Å². The van der Waals surface area contributed by atoms with Crippen molar-refractivity contribution in [2.45, 2.75) is 123 Å². The van der Waals surface area contributed by atoms with Crippen LogP contribution in [0.15, 0.2) is 194 Å². The minimum Gasteiger partial charge on any atom is -0.492 e. The maximum atomic E-state index is 15.5. The van der Waals surface area contributed by atoms with Gasteiger partial charge >= 0.3 is 0 Å². The van der Waals surface area contributed by atoms with Crippen LogP contribution in [0.25, 0.3) is 67.0 Å². The van der Waals surface area contributed by atoms with Gasteiger partial charge in [0.2, 0.25) is 0 Å². The van der Waals surface area contributed by atoms with Crippen molar-refractivity contribution in [1.82, 2.24) is 45.6 Å². The van der Waals surface area contributed by atoms with Crippen molar-refractivity contribution >= 4 is 33.2 Å². The van der Waals surface area contributed by atoms with Gasteiger partial charge in [0.1, 0.15) is 40.8 Å². The molecule has 450 valence electrons. The van der Waals surface area contributed by atoms with Crippen molar-refractivity contribution in [3.05, 3.63) is 234 Å². The average Bonchev–Trinajstić information content (AvgIpc) is 2.65. The van der Waals surface area contributed by atoms with E-state index in [4.69, 9.17) is 9.72 Å². The van der Waals surface area contributed by atoms with Crippen molar-refractivity contribution in [2.75, 3.05) is 20.2 Å². The Labute approximate surface area is 506 Å². The Kier molecular flexibility index (Phi) is 30.5. The van der Waals surface area contributed by atoms with Gasteiger partial charge < -0.3 is 20.1 Å². The standard InChI is InChI=1S/C63H63F2N9O.5C2H6/c1-11-15-17-44-31-47(33-49(64)32-44)52(16-12-2)54-37-59(68-43(54)9)42(8)41(7)56(19-18-40(6)45(14-4)30-39(5)13-3)73-74(10)28-29-75-51-35-48(34-50(65)36-51)53-24-27-67-63-55(53)38-60(70-63)62-61-58(71-72-62)21-20-57(69-61)46-22-25-66-26-23-46;5*1-2/h12-14,16,18-27,30-38,68,73H,2-3,7-8,11,15,17,28-29H2,1,4-6,9-10H3,(H,67,70)(H,71,72);5*1-2H3/b39-30-,40-18+,45-14+,52-16-,56-19+;;;;;. The molecule has 6 aromatic heterocycles. The van der Waals surface area contributed by atoms with Crippen molar-refractivity contribution in [3.63, 3.8) is 0 Å². The zero-order chi connectivity index (χ0) is 63.2. The first-order chi connectivity index (χ1) is 41.3. The highest BCUT2D eigenvalue weighted by Gasteiger charge is 2.20. The number of hydrogen-bond acceptors (Lipinski definition) is 7. The molecule has 0 saturated carbocycles. The predicted molar refractivity (Wildman–Crippen MR) is 361 cm³/mol. The van der Waals surface area contributed by atoms with E-state index in [1.165, 1.54) is 12.1 Å². The molecule has 0 bridgehead atoms. The third-order valence-electron chi connectivity index (χ3n) is 13.0. The molecule has 0 aliphatic carbocycles. The maximum Gasteiger partial charge on any atom is 0.138 e. The van der Waals surface area contributed by atoms with Crippen LogP contribution in [0.4, 0.5) is 8.78 Å². The molecule has 0 atom stereocenters. The lowest BCUT2D eigenvalue weighted by atomic mass is 9.94. The van der Waals surface area contributed by atoms with E-state index >= 15 is 8.78 Å². The number of fused-ring (bicyclic) bond motifs is 2. The van der Waals surface area contributed by atoms with Gasteiger partial charge in [-0.25, -0.2) is 23.8 Å². The fourth-order valence-corrected chi connectivity index (χ4v) is 8.89. The Bertz CT molecular complexity index is 3600. The first-order valence-electron chi connectivity index (χ1n) is 30.0. The minimum atomic E-state index is -0.441. The topological polar surface area (TPSA) is 123 Å². The minimum absolute atomic E-state index is 0.217. The van der Waals surface area contributed by atoms with E-state index in [9.17, 15) is 0 Å². The van der Waals surface area contributed by atoms with E-state index in [0.717, 1.165) is 97.4 Å². The van der Waals surface area contributed by atoms with Crippen LogP contribution in [0.2, 0.25) is 0 Å². The van der Waals surface area contributed by atoms with Crippen molar-refractivity contribution in [3.8, 4) is 39.5 Å². The lowest BCUT2D eigenvalue weighted by Gasteiger charge is -2.23. The average molecular weight is 1150 g/mol. The summed E-state index contributed by atoms with van der Waals surface area (Å²) >= 11 is 0. The first kappa shape index (κ1) is 70.5. The summed E-state index contributed by atoms with van der Waals surface area (Å²) in [6.45, 7) is 47.8. The molecule has 10 nitrogen and oxygen atoms in total. The van der Waals surface area contributed by atoms with Crippen molar-refractivity contribution < 1.29 is 13.5 Å². The van der Waals surface area contributed by atoms with Crippen LogP contribution in [-0.2, 0) is 6.42 Å². The molecule has 6 heterocycles. The summed E-state index contributed by atoms with van der Waals surface area (Å²) in [5, 5.41) is 10.4. The van der Waals surface area contributed by atoms with Crippen LogP contribution in [0, 0.1) is 18.6 Å². The largest absolute Gasteiger partial charge is 0.492 e. The molecule has 8 rings (SSSR count). The number of H-pyrrole nitrogens is 3. The van der Waals surface area contributed by atoms with E-state index < -0.39 is 5.82 Å². The smallest absolute Gasteiger partial charge is 0.138 e. The number of halogens is 2. The summed E-state index contributed by atoms with van der Waals surface area (Å²) < 4.78 is 36.8. The molecule has 0 unspecified atom stereocenters. The molecule has 0 saturated heterocycles. The van der Waals surface area contributed by atoms with Crippen LogP contribution in [0.1, 0.15) is 138 Å². The van der Waals surface area contributed by atoms with Crippen LogP contribution in [-0.4, -0.2) is 60.3 Å². The number of rotatable bonds is 22. The number of aromatic amines is 3. The van der Waals surface area contributed by atoms with E-state index in [0.29, 0.717) is 57.3 Å². The highest BCUT2D eigenvalue weighted by atomic mass is 19.1. The molecule has 0 aliphatic heterocycles. The number of likely N-dealkylation sites (N-methyl/N-ethyl adjacent to an activating group) is 1. The third-order valence-corrected chi connectivity index (χ3v) is 13.0.